The first-order chi connectivity index (χ1) is 8.54. The first-order valence-electron chi connectivity index (χ1n) is 6.19. The molecule has 0 saturated heterocycles. The number of carbonyl (C=O) groups is 2. The second kappa shape index (κ2) is 6.94. The van der Waals surface area contributed by atoms with Crippen molar-refractivity contribution in [1.82, 2.24) is 0 Å². The monoisotopic (exact) mass is 248 g/mol. The number of carbonyl (C=O) groups excluding carboxylic acids is 2. The molecule has 1 aromatic carbocycles. The van der Waals surface area contributed by atoms with Crippen molar-refractivity contribution < 1.29 is 14.3 Å². The molecule has 2 atom stereocenters. The van der Waals surface area contributed by atoms with Gasteiger partial charge >= 0.3 is 5.97 Å². The zero-order chi connectivity index (χ0) is 13.5. The smallest absolute Gasteiger partial charge is 0.308 e. The molecule has 1 rings (SSSR count). The molecule has 0 amide bonds. The Balaban J connectivity index is 2.49. The highest BCUT2D eigenvalue weighted by Crippen LogP contribution is 2.14. The molecule has 0 aliphatic heterocycles. The zero-order valence-electron chi connectivity index (χ0n) is 11.2. The van der Waals surface area contributed by atoms with Crippen molar-refractivity contribution in [3.63, 3.8) is 0 Å². The van der Waals surface area contributed by atoms with Crippen LogP contribution in [0.1, 0.15) is 25.8 Å². The lowest BCUT2D eigenvalue weighted by atomic mass is 9.91. The minimum atomic E-state index is -0.360. The second-order valence-electron chi connectivity index (χ2n) is 4.69. The van der Waals surface area contributed by atoms with Gasteiger partial charge in [0.25, 0.3) is 0 Å². The van der Waals surface area contributed by atoms with E-state index in [0.29, 0.717) is 6.42 Å². The van der Waals surface area contributed by atoms with Gasteiger partial charge in [-0.3, -0.25) is 9.59 Å². The van der Waals surface area contributed by atoms with Crippen LogP contribution in [0.2, 0.25) is 0 Å². The Morgan fingerprint density at radius 1 is 1.11 bits per heavy atom. The average Bonchev–Trinajstić information content (AvgIpc) is 2.38. The number of esters is 1. The fourth-order valence-electron chi connectivity index (χ4n) is 1.87. The highest BCUT2D eigenvalue weighted by atomic mass is 16.5. The number of hydrogen-bond acceptors (Lipinski definition) is 3. The van der Waals surface area contributed by atoms with Gasteiger partial charge < -0.3 is 4.74 Å². The molecule has 3 heteroatoms. The van der Waals surface area contributed by atoms with Crippen LogP contribution in [0.5, 0.6) is 0 Å². The van der Waals surface area contributed by atoms with Crippen molar-refractivity contribution in [3.05, 3.63) is 35.9 Å². The zero-order valence-corrected chi connectivity index (χ0v) is 11.2. The molecule has 0 heterocycles. The minimum Gasteiger partial charge on any atom is -0.469 e. The summed E-state index contributed by atoms with van der Waals surface area (Å²) in [5.74, 6) is -0.646. The van der Waals surface area contributed by atoms with Gasteiger partial charge in [0.05, 0.1) is 13.0 Å². The summed E-state index contributed by atoms with van der Waals surface area (Å²) in [6, 6.07) is 9.89. The molecule has 3 nitrogen and oxygen atoms in total. The molecule has 0 saturated carbocycles. The van der Waals surface area contributed by atoms with E-state index in [0.717, 1.165) is 5.56 Å². The quantitative estimate of drug-likeness (QED) is 0.727. The number of rotatable bonds is 6. The lowest BCUT2D eigenvalue weighted by Crippen LogP contribution is -2.21. The molecule has 1 unspecified atom stereocenters. The van der Waals surface area contributed by atoms with Gasteiger partial charge in [-0.1, -0.05) is 44.2 Å². The predicted octanol–water partition coefficient (Wildman–Crippen LogP) is 2.63. The largest absolute Gasteiger partial charge is 0.469 e. The third-order valence-corrected chi connectivity index (χ3v) is 3.05. The van der Waals surface area contributed by atoms with Gasteiger partial charge in [0.1, 0.15) is 5.78 Å². The fourth-order valence-corrected chi connectivity index (χ4v) is 1.87. The summed E-state index contributed by atoms with van der Waals surface area (Å²) >= 11 is 0. The van der Waals surface area contributed by atoms with Gasteiger partial charge in [-0.05, 0) is 12.0 Å². The maximum Gasteiger partial charge on any atom is 0.308 e. The molecule has 18 heavy (non-hydrogen) atoms. The molecule has 0 fully saturated rings. The molecular formula is C15H20O3. The van der Waals surface area contributed by atoms with Crippen LogP contribution in [-0.2, 0) is 20.7 Å². The van der Waals surface area contributed by atoms with E-state index >= 15 is 0 Å². The summed E-state index contributed by atoms with van der Waals surface area (Å²) < 4.78 is 4.62. The summed E-state index contributed by atoms with van der Waals surface area (Å²) in [4.78, 5) is 23.2. The maximum atomic E-state index is 12.0. The van der Waals surface area contributed by atoms with Gasteiger partial charge in [-0.2, -0.15) is 0 Å². The van der Waals surface area contributed by atoms with Gasteiger partial charge in [0.2, 0.25) is 0 Å². The van der Waals surface area contributed by atoms with E-state index in [1.165, 1.54) is 7.11 Å². The Hall–Kier alpha value is -1.64. The van der Waals surface area contributed by atoms with Crippen LogP contribution in [0.15, 0.2) is 30.3 Å². The van der Waals surface area contributed by atoms with Gasteiger partial charge in [0.15, 0.2) is 0 Å². The van der Waals surface area contributed by atoms with Crippen LogP contribution in [0.3, 0.4) is 0 Å². The molecule has 0 aliphatic carbocycles. The van der Waals surface area contributed by atoms with Crippen molar-refractivity contribution in [1.29, 1.82) is 0 Å². The standard InChI is InChI=1S/C15H20O3/c1-11(9-13-7-5-4-6-8-13)14(16)10-12(2)15(17)18-3/h4-8,11-12H,9-10H2,1-3H3/t11-,12?/m0/s1. The van der Waals surface area contributed by atoms with Crippen LogP contribution in [0, 0.1) is 11.8 Å². The first kappa shape index (κ1) is 14.4. The van der Waals surface area contributed by atoms with Gasteiger partial charge in [-0.15, -0.1) is 0 Å². The first-order valence-corrected chi connectivity index (χ1v) is 6.19. The van der Waals surface area contributed by atoms with Crippen LogP contribution in [0.25, 0.3) is 0 Å². The van der Waals surface area contributed by atoms with Crippen molar-refractivity contribution in [2.45, 2.75) is 26.7 Å². The van der Waals surface area contributed by atoms with E-state index in [1.54, 1.807) is 6.92 Å². The third-order valence-electron chi connectivity index (χ3n) is 3.05. The number of methoxy groups -OCH3 is 1. The van der Waals surface area contributed by atoms with E-state index in [9.17, 15) is 9.59 Å². The van der Waals surface area contributed by atoms with Gasteiger partial charge in [0, 0.05) is 12.3 Å². The molecule has 0 bridgehead atoms. The molecule has 0 aliphatic rings. The normalized spacial score (nSPS) is 13.7. The summed E-state index contributed by atoms with van der Waals surface area (Å²) in [5, 5.41) is 0. The average molecular weight is 248 g/mol. The van der Waals surface area contributed by atoms with E-state index in [4.69, 9.17) is 0 Å². The van der Waals surface area contributed by atoms with Crippen molar-refractivity contribution in [3.8, 4) is 0 Å². The van der Waals surface area contributed by atoms with Crippen LogP contribution in [0.4, 0.5) is 0 Å². The highest BCUT2D eigenvalue weighted by molar-refractivity contribution is 5.85. The Kier molecular flexibility index (Phi) is 5.56. The lowest BCUT2D eigenvalue weighted by molar-refractivity contribution is -0.146. The fraction of sp³-hybridized carbons (Fsp3) is 0.467. The van der Waals surface area contributed by atoms with Crippen LogP contribution >= 0.6 is 0 Å². The number of Topliss-reactive ketones (excluding diaryl/α,β-unsaturated/α-hetero) is 1. The van der Waals surface area contributed by atoms with E-state index in [1.807, 2.05) is 37.3 Å². The topological polar surface area (TPSA) is 43.4 Å². The number of benzene rings is 1. The summed E-state index contributed by atoms with van der Waals surface area (Å²) in [5.41, 5.74) is 1.14. The molecule has 0 radical (unpaired) electrons. The number of hydrogen-bond donors (Lipinski definition) is 0. The van der Waals surface area contributed by atoms with Crippen LogP contribution in [-0.4, -0.2) is 18.9 Å². The number of ketones is 1. The third kappa shape index (κ3) is 4.32. The molecule has 98 valence electrons. The summed E-state index contributed by atoms with van der Waals surface area (Å²) in [6.07, 6.45) is 0.967. The summed E-state index contributed by atoms with van der Waals surface area (Å²) in [7, 11) is 1.34. The van der Waals surface area contributed by atoms with Crippen molar-refractivity contribution in [2.24, 2.45) is 11.8 Å². The van der Waals surface area contributed by atoms with Gasteiger partial charge in [-0.25, -0.2) is 0 Å². The Labute approximate surface area is 108 Å². The Morgan fingerprint density at radius 2 is 1.72 bits per heavy atom. The van der Waals surface area contributed by atoms with Crippen LogP contribution < -0.4 is 0 Å². The minimum absolute atomic E-state index is 0.0699. The molecular weight excluding hydrogens is 228 g/mol. The van der Waals surface area contributed by atoms with Crippen molar-refractivity contribution in [2.75, 3.05) is 7.11 Å². The highest BCUT2D eigenvalue weighted by Gasteiger charge is 2.21. The van der Waals surface area contributed by atoms with E-state index in [2.05, 4.69) is 4.74 Å². The van der Waals surface area contributed by atoms with E-state index in [-0.39, 0.29) is 30.0 Å². The maximum absolute atomic E-state index is 12.0. The summed E-state index contributed by atoms with van der Waals surface area (Å²) in [6.45, 7) is 3.62. The SMILES string of the molecule is COC(=O)C(C)CC(=O)[C@@H](C)Cc1ccccc1. The Bertz CT molecular complexity index is 397. The number of ether oxygens (including phenoxy) is 1. The lowest BCUT2D eigenvalue weighted by Gasteiger charge is -2.13. The van der Waals surface area contributed by atoms with Crippen molar-refractivity contribution >= 4 is 11.8 Å². The predicted molar refractivity (Wildman–Crippen MR) is 70.1 cm³/mol. The molecule has 0 spiro atoms. The molecule has 0 N–H and O–H groups in total. The van der Waals surface area contributed by atoms with E-state index < -0.39 is 0 Å². The molecule has 1 aromatic rings. The second-order valence-corrected chi connectivity index (χ2v) is 4.69. The Morgan fingerprint density at radius 3 is 2.28 bits per heavy atom. The molecule has 0 aromatic heterocycles.